The number of nitrogens with two attached hydrogens (primary N) is 1. The van der Waals surface area contributed by atoms with E-state index in [0.717, 1.165) is 38.0 Å². The number of carbonyl (C=O) groups is 1. The molecule has 2 atom stereocenters. The van der Waals surface area contributed by atoms with E-state index in [1.165, 1.54) is 0 Å². The molecule has 3 N–H and O–H groups in total. The fraction of sp³-hybridized carbons (Fsp3) is 0.667. The minimum Gasteiger partial charge on any atom is -0.466 e. The molecule has 8 heteroatoms. The molecule has 1 fully saturated rings. The Hall–Kier alpha value is -1.90. The molecule has 1 aliphatic rings. The summed E-state index contributed by atoms with van der Waals surface area (Å²) in [6.07, 6.45) is 2.52. The summed E-state index contributed by atoms with van der Waals surface area (Å²) in [5, 5.41) is 12.1. The van der Waals surface area contributed by atoms with Crippen LogP contribution in [0.15, 0.2) is 29.4 Å². The fourth-order valence-corrected chi connectivity index (χ4v) is 5.12. The fourth-order valence-electron chi connectivity index (χ4n) is 3.84. The van der Waals surface area contributed by atoms with Gasteiger partial charge in [0.2, 0.25) is 0 Å². The lowest BCUT2D eigenvalue weighted by molar-refractivity contribution is -0.144. The lowest BCUT2D eigenvalue weighted by Gasteiger charge is -2.42. The van der Waals surface area contributed by atoms with E-state index in [9.17, 15) is 4.79 Å². The number of piperidine rings is 1. The van der Waals surface area contributed by atoms with Gasteiger partial charge in [0.25, 0.3) is 0 Å². The minimum absolute atomic E-state index is 0.0847. The maximum Gasteiger partial charge on any atom is 0.306 e. The Balaban J connectivity index is 2.20. The summed E-state index contributed by atoms with van der Waals surface area (Å²) in [6.45, 7) is 16.2. The summed E-state index contributed by atoms with van der Waals surface area (Å²) >= 11 is 0. The van der Waals surface area contributed by atoms with Crippen LogP contribution in [-0.2, 0) is 14.0 Å². The number of oxime groups is 1. The van der Waals surface area contributed by atoms with E-state index in [4.69, 9.17) is 20.1 Å². The number of ether oxygens (including phenoxy) is 1. The molecule has 0 spiro atoms. The lowest BCUT2D eigenvalue weighted by Crippen LogP contribution is -2.45. The van der Waals surface area contributed by atoms with Crippen LogP contribution in [-0.4, -0.2) is 56.5 Å². The first-order valence-electron chi connectivity index (χ1n) is 11.6. The van der Waals surface area contributed by atoms with Gasteiger partial charge in [-0.2, -0.15) is 0 Å². The van der Waals surface area contributed by atoms with Crippen molar-refractivity contribution < 1.29 is 19.2 Å². The molecular formula is C24H41N3O4Si. The first-order chi connectivity index (χ1) is 15.0. The predicted octanol–water partition coefficient (Wildman–Crippen LogP) is 4.51. The topological polar surface area (TPSA) is 97.4 Å². The number of esters is 1. The zero-order chi connectivity index (χ0) is 23.9. The van der Waals surface area contributed by atoms with Crippen molar-refractivity contribution in [3.63, 3.8) is 0 Å². The molecule has 32 heavy (non-hydrogen) atoms. The third-order valence-corrected chi connectivity index (χ3v) is 11.2. The van der Waals surface area contributed by atoms with Crippen LogP contribution in [0.25, 0.3) is 0 Å². The molecule has 0 bridgehead atoms. The molecule has 0 aromatic heterocycles. The highest BCUT2D eigenvalue weighted by Crippen LogP contribution is 2.40. The van der Waals surface area contributed by atoms with Crippen LogP contribution in [0.3, 0.4) is 0 Å². The number of carbonyl (C=O) groups excluding carboxylic acids is 1. The van der Waals surface area contributed by atoms with Gasteiger partial charge in [-0.15, -0.1) is 0 Å². The molecule has 0 aliphatic carbocycles. The second kappa shape index (κ2) is 11.3. The van der Waals surface area contributed by atoms with Crippen molar-refractivity contribution in [3.05, 3.63) is 35.4 Å². The van der Waals surface area contributed by atoms with Crippen molar-refractivity contribution in [1.29, 1.82) is 0 Å². The molecule has 0 radical (unpaired) electrons. The number of rotatable bonds is 9. The number of amidine groups is 1. The summed E-state index contributed by atoms with van der Waals surface area (Å²) in [7, 11) is -2.02. The van der Waals surface area contributed by atoms with Gasteiger partial charge in [0.05, 0.1) is 12.7 Å². The standard InChI is InChI=1S/C24H41N3O4Si/c1-7-30-22(28)15-18-9-8-14-27(16-18)17-21(31-32(5,6)24(2,3)4)19-10-12-20(13-11-19)23(25)26-29/h10-13,18,21,29H,7-9,14-17H2,1-6H3,(H2,25,26). The number of likely N-dealkylation sites (tertiary alicyclic amines) is 1. The van der Waals surface area contributed by atoms with Gasteiger partial charge in [-0.3, -0.25) is 4.79 Å². The van der Waals surface area contributed by atoms with Gasteiger partial charge in [-0.25, -0.2) is 0 Å². The van der Waals surface area contributed by atoms with Crippen LogP contribution in [0.5, 0.6) is 0 Å². The highest BCUT2D eigenvalue weighted by molar-refractivity contribution is 6.74. The van der Waals surface area contributed by atoms with Crippen molar-refractivity contribution in [2.75, 3.05) is 26.2 Å². The second-order valence-corrected chi connectivity index (χ2v) is 15.0. The lowest BCUT2D eigenvalue weighted by atomic mass is 9.94. The van der Waals surface area contributed by atoms with Gasteiger partial charge in [-0.1, -0.05) is 50.2 Å². The van der Waals surface area contributed by atoms with Gasteiger partial charge >= 0.3 is 5.97 Å². The van der Waals surface area contributed by atoms with Gasteiger partial charge in [0.1, 0.15) is 0 Å². The molecule has 180 valence electrons. The maximum absolute atomic E-state index is 12.0. The van der Waals surface area contributed by atoms with E-state index >= 15 is 0 Å². The van der Waals surface area contributed by atoms with E-state index < -0.39 is 8.32 Å². The summed E-state index contributed by atoms with van der Waals surface area (Å²) in [6, 6.07) is 7.74. The van der Waals surface area contributed by atoms with Gasteiger partial charge < -0.3 is 25.0 Å². The number of hydrogen-bond acceptors (Lipinski definition) is 6. The molecule has 1 heterocycles. The molecule has 0 amide bonds. The van der Waals surface area contributed by atoms with Crippen LogP contribution < -0.4 is 5.73 Å². The van der Waals surface area contributed by atoms with Gasteiger partial charge in [0, 0.05) is 25.1 Å². The Bertz CT molecular complexity index is 774. The minimum atomic E-state index is -2.02. The number of hydrogen-bond donors (Lipinski definition) is 2. The summed E-state index contributed by atoms with van der Waals surface area (Å²) in [5.74, 6) is 0.308. The van der Waals surface area contributed by atoms with Gasteiger partial charge in [0.15, 0.2) is 14.2 Å². The monoisotopic (exact) mass is 463 g/mol. The van der Waals surface area contributed by atoms with Crippen molar-refractivity contribution >= 4 is 20.1 Å². The third-order valence-electron chi connectivity index (χ3n) is 6.72. The van der Waals surface area contributed by atoms with Crippen molar-refractivity contribution in [2.45, 2.75) is 71.2 Å². The predicted molar refractivity (Wildman–Crippen MR) is 130 cm³/mol. The summed E-state index contributed by atoms with van der Waals surface area (Å²) < 4.78 is 12.0. The van der Waals surface area contributed by atoms with E-state index in [1.54, 1.807) is 0 Å². The highest BCUT2D eigenvalue weighted by Gasteiger charge is 2.40. The SMILES string of the molecule is CCOC(=O)CC1CCCN(CC(O[Si](C)(C)C(C)(C)C)c2ccc(C(N)=NO)cc2)C1. The highest BCUT2D eigenvalue weighted by atomic mass is 28.4. The molecule has 1 saturated heterocycles. The molecule has 1 aromatic carbocycles. The van der Waals surface area contributed by atoms with E-state index in [0.29, 0.717) is 24.5 Å². The van der Waals surface area contributed by atoms with Crippen molar-refractivity contribution in [2.24, 2.45) is 16.8 Å². The first-order valence-corrected chi connectivity index (χ1v) is 14.5. The van der Waals surface area contributed by atoms with Gasteiger partial charge in [-0.05, 0) is 55.9 Å². The molecule has 2 rings (SSSR count). The molecule has 1 aromatic rings. The van der Waals surface area contributed by atoms with E-state index in [2.05, 4.69) is 43.9 Å². The van der Waals surface area contributed by atoms with Crippen LogP contribution in [0.2, 0.25) is 18.1 Å². The molecular weight excluding hydrogens is 422 g/mol. The molecule has 2 unspecified atom stereocenters. The summed E-state index contributed by atoms with van der Waals surface area (Å²) in [5.41, 5.74) is 7.49. The van der Waals surface area contributed by atoms with E-state index in [1.807, 2.05) is 31.2 Å². The Kier molecular flexibility index (Phi) is 9.30. The third kappa shape index (κ3) is 7.32. The second-order valence-electron chi connectivity index (χ2n) is 10.3. The Morgan fingerprint density at radius 1 is 1.31 bits per heavy atom. The Labute approximate surface area is 194 Å². The maximum atomic E-state index is 12.0. The Morgan fingerprint density at radius 3 is 2.53 bits per heavy atom. The zero-order valence-corrected chi connectivity index (χ0v) is 21.6. The summed E-state index contributed by atoms with van der Waals surface area (Å²) in [4.78, 5) is 14.4. The smallest absolute Gasteiger partial charge is 0.306 e. The quantitative estimate of drug-likeness (QED) is 0.140. The normalized spacial score (nSPS) is 19.6. The first kappa shape index (κ1) is 26.4. The van der Waals surface area contributed by atoms with Crippen LogP contribution >= 0.6 is 0 Å². The zero-order valence-electron chi connectivity index (χ0n) is 20.6. The van der Waals surface area contributed by atoms with Crippen LogP contribution in [0, 0.1) is 5.92 Å². The van der Waals surface area contributed by atoms with Crippen molar-refractivity contribution in [1.82, 2.24) is 4.90 Å². The number of nitrogens with zero attached hydrogens (tertiary/aromatic N) is 2. The van der Waals surface area contributed by atoms with E-state index in [-0.39, 0.29) is 22.9 Å². The van der Waals surface area contributed by atoms with Crippen LogP contribution in [0.1, 0.15) is 64.2 Å². The average molecular weight is 464 g/mol. The molecule has 1 aliphatic heterocycles. The Morgan fingerprint density at radius 2 is 1.97 bits per heavy atom. The van der Waals surface area contributed by atoms with Crippen LogP contribution in [0.4, 0.5) is 0 Å². The number of benzene rings is 1. The molecule has 0 saturated carbocycles. The largest absolute Gasteiger partial charge is 0.466 e. The molecule has 7 nitrogen and oxygen atoms in total. The van der Waals surface area contributed by atoms with Crippen molar-refractivity contribution in [3.8, 4) is 0 Å². The average Bonchev–Trinajstić information content (AvgIpc) is 2.72.